The zero-order valence-corrected chi connectivity index (χ0v) is 17.0. The van der Waals surface area contributed by atoms with Crippen molar-refractivity contribution in [3.63, 3.8) is 0 Å². The van der Waals surface area contributed by atoms with Crippen LogP contribution in [0.15, 0.2) is 18.2 Å². The number of carbonyl (C=O) groups is 1. The van der Waals surface area contributed by atoms with E-state index in [2.05, 4.69) is 0 Å². The number of aliphatic hydroxyl groups excluding tert-OH is 1. The zero-order chi connectivity index (χ0) is 20.8. The largest absolute Gasteiger partial charge is 0.416 e. The summed E-state index contributed by atoms with van der Waals surface area (Å²) in [5, 5.41) is 10.0. The van der Waals surface area contributed by atoms with Crippen LogP contribution in [0.5, 0.6) is 0 Å². The van der Waals surface area contributed by atoms with Crippen LogP contribution in [0.3, 0.4) is 0 Å². The average molecular weight is 431 g/mol. The van der Waals surface area contributed by atoms with E-state index in [1.165, 1.54) is 6.07 Å². The number of piperidine rings is 1. The SMILES string of the molecule is O=C1N(C2CCC(O)CC2)CC[C@]12CCCN(c1cc(C(F)(F)F)ccc1Cl)C2. The summed E-state index contributed by atoms with van der Waals surface area (Å²) in [4.78, 5) is 17.2. The first-order valence-corrected chi connectivity index (χ1v) is 10.7. The van der Waals surface area contributed by atoms with Gasteiger partial charge in [0.2, 0.25) is 5.91 Å². The predicted octanol–water partition coefficient (Wildman–Crippen LogP) is 4.48. The van der Waals surface area contributed by atoms with Crippen molar-refractivity contribution in [2.45, 2.75) is 63.3 Å². The van der Waals surface area contributed by atoms with E-state index in [4.69, 9.17) is 11.6 Å². The van der Waals surface area contributed by atoms with Crippen LogP contribution in [0.2, 0.25) is 5.02 Å². The lowest BCUT2D eigenvalue weighted by molar-refractivity contribution is -0.139. The van der Waals surface area contributed by atoms with Crippen LogP contribution in [0.1, 0.15) is 50.5 Å². The van der Waals surface area contributed by atoms with Gasteiger partial charge in [-0.2, -0.15) is 13.2 Å². The Balaban J connectivity index is 1.54. The molecule has 2 aliphatic heterocycles. The fourth-order valence-corrected chi connectivity index (χ4v) is 5.45. The van der Waals surface area contributed by atoms with Crippen LogP contribution in [0.25, 0.3) is 0 Å². The molecule has 1 N–H and O–H groups in total. The molecule has 29 heavy (non-hydrogen) atoms. The van der Waals surface area contributed by atoms with Crippen LogP contribution in [0, 0.1) is 5.41 Å². The highest BCUT2D eigenvalue weighted by Gasteiger charge is 2.51. The second kappa shape index (κ2) is 7.65. The first kappa shape index (κ1) is 20.8. The molecule has 4 nitrogen and oxygen atoms in total. The zero-order valence-electron chi connectivity index (χ0n) is 16.2. The standard InChI is InChI=1S/C21H26ClF3N2O2/c22-17-7-2-14(21(23,24)25)12-18(17)26-10-1-8-20(13-26)9-11-27(19(20)29)15-3-5-16(28)6-4-15/h2,7,12,15-16,28H,1,3-6,8-11,13H2/t15?,16?,20-/m0/s1. The molecule has 2 saturated heterocycles. The second-order valence-corrected chi connectivity index (χ2v) is 9.09. The van der Waals surface area contributed by atoms with Gasteiger partial charge in [-0.1, -0.05) is 11.6 Å². The minimum Gasteiger partial charge on any atom is -0.393 e. The summed E-state index contributed by atoms with van der Waals surface area (Å²) in [6.07, 6.45) is 0.571. The van der Waals surface area contributed by atoms with E-state index in [9.17, 15) is 23.1 Å². The second-order valence-electron chi connectivity index (χ2n) is 8.68. The molecule has 160 valence electrons. The van der Waals surface area contributed by atoms with E-state index >= 15 is 0 Å². The van der Waals surface area contributed by atoms with Crippen molar-refractivity contribution in [2.75, 3.05) is 24.5 Å². The molecule has 1 aromatic carbocycles. The van der Waals surface area contributed by atoms with Gasteiger partial charge in [-0.3, -0.25) is 4.79 Å². The summed E-state index contributed by atoms with van der Waals surface area (Å²) < 4.78 is 39.5. The lowest BCUT2D eigenvalue weighted by Gasteiger charge is -2.41. The van der Waals surface area contributed by atoms with Gasteiger partial charge in [-0.25, -0.2) is 0 Å². The van der Waals surface area contributed by atoms with Gasteiger partial charge in [0.15, 0.2) is 0 Å². The van der Waals surface area contributed by atoms with Crippen molar-refractivity contribution in [1.82, 2.24) is 4.90 Å². The van der Waals surface area contributed by atoms with Gasteiger partial charge in [0.25, 0.3) is 0 Å². The predicted molar refractivity (Wildman–Crippen MR) is 105 cm³/mol. The number of anilines is 1. The molecular formula is C21H26ClF3N2O2. The highest BCUT2D eigenvalue weighted by atomic mass is 35.5. The number of carbonyl (C=O) groups excluding carboxylic acids is 1. The Morgan fingerprint density at radius 1 is 1.10 bits per heavy atom. The Bertz CT molecular complexity index is 780. The fraction of sp³-hybridized carbons (Fsp3) is 0.667. The fourth-order valence-electron chi connectivity index (χ4n) is 5.21. The maximum atomic E-state index is 13.4. The molecule has 0 unspecified atom stereocenters. The van der Waals surface area contributed by atoms with Crippen LogP contribution in [0.4, 0.5) is 18.9 Å². The number of rotatable bonds is 2. The monoisotopic (exact) mass is 430 g/mol. The summed E-state index contributed by atoms with van der Waals surface area (Å²) in [5.41, 5.74) is -0.921. The topological polar surface area (TPSA) is 43.8 Å². The molecule has 1 amide bonds. The number of likely N-dealkylation sites (tertiary alicyclic amines) is 1. The molecule has 1 aromatic rings. The molecule has 0 bridgehead atoms. The molecule has 0 aromatic heterocycles. The third-order valence-electron chi connectivity index (χ3n) is 6.84. The van der Waals surface area contributed by atoms with Crippen molar-refractivity contribution >= 4 is 23.2 Å². The molecule has 8 heteroatoms. The van der Waals surface area contributed by atoms with E-state index in [0.717, 1.165) is 44.2 Å². The van der Waals surface area contributed by atoms with E-state index in [0.29, 0.717) is 38.2 Å². The maximum Gasteiger partial charge on any atom is 0.416 e. The Morgan fingerprint density at radius 2 is 1.83 bits per heavy atom. The van der Waals surface area contributed by atoms with Crippen LogP contribution >= 0.6 is 11.6 Å². The van der Waals surface area contributed by atoms with Gasteiger partial charge >= 0.3 is 6.18 Å². The minimum atomic E-state index is -4.43. The summed E-state index contributed by atoms with van der Waals surface area (Å²) in [7, 11) is 0. The Hall–Kier alpha value is -1.47. The molecule has 3 aliphatic rings. The van der Waals surface area contributed by atoms with E-state index in [1.54, 1.807) is 0 Å². The summed E-state index contributed by atoms with van der Waals surface area (Å²) in [5.74, 6) is 0.117. The van der Waals surface area contributed by atoms with Crippen molar-refractivity contribution in [2.24, 2.45) is 5.41 Å². The number of alkyl halides is 3. The number of hydrogen-bond donors (Lipinski definition) is 1. The summed E-state index contributed by atoms with van der Waals surface area (Å²) in [6, 6.07) is 3.54. The molecule has 2 heterocycles. The average Bonchev–Trinajstić information content (AvgIpc) is 2.98. The van der Waals surface area contributed by atoms with Gasteiger partial charge < -0.3 is 14.9 Å². The number of hydrogen-bond acceptors (Lipinski definition) is 3. The highest BCUT2D eigenvalue weighted by molar-refractivity contribution is 6.33. The minimum absolute atomic E-state index is 0.117. The molecule has 1 spiro atoms. The maximum absolute atomic E-state index is 13.4. The normalized spacial score (nSPS) is 31.0. The summed E-state index contributed by atoms with van der Waals surface area (Å²) in [6.45, 7) is 1.67. The quantitative estimate of drug-likeness (QED) is 0.752. The van der Waals surface area contributed by atoms with Crippen molar-refractivity contribution in [3.05, 3.63) is 28.8 Å². The lowest BCUT2D eigenvalue weighted by atomic mass is 9.78. The molecule has 1 atom stereocenters. The number of benzene rings is 1. The molecule has 1 aliphatic carbocycles. The van der Waals surface area contributed by atoms with E-state index in [-0.39, 0.29) is 23.1 Å². The van der Waals surface area contributed by atoms with Crippen LogP contribution < -0.4 is 4.90 Å². The first-order chi connectivity index (χ1) is 13.7. The Kier molecular flexibility index (Phi) is 5.49. The van der Waals surface area contributed by atoms with Crippen LogP contribution in [-0.4, -0.2) is 47.7 Å². The number of amides is 1. The molecule has 3 fully saturated rings. The molecule has 4 rings (SSSR count). The van der Waals surface area contributed by atoms with Crippen molar-refractivity contribution in [1.29, 1.82) is 0 Å². The van der Waals surface area contributed by atoms with Crippen LogP contribution in [-0.2, 0) is 11.0 Å². The number of halogens is 4. The van der Waals surface area contributed by atoms with Gasteiger partial charge in [0.05, 0.1) is 27.8 Å². The smallest absolute Gasteiger partial charge is 0.393 e. The highest BCUT2D eigenvalue weighted by Crippen LogP contribution is 2.45. The third kappa shape index (κ3) is 3.96. The summed E-state index contributed by atoms with van der Waals surface area (Å²) >= 11 is 6.25. The van der Waals surface area contributed by atoms with Gasteiger partial charge in [0.1, 0.15) is 0 Å². The van der Waals surface area contributed by atoms with Gasteiger partial charge in [-0.15, -0.1) is 0 Å². The Labute approximate surface area is 173 Å². The lowest BCUT2D eigenvalue weighted by Crippen LogP contribution is -2.50. The molecule has 0 radical (unpaired) electrons. The van der Waals surface area contributed by atoms with E-state index < -0.39 is 17.2 Å². The van der Waals surface area contributed by atoms with Crippen molar-refractivity contribution in [3.8, 4) is 0 Å². The molecule has 1 saturated carbocycles. The van der Waals surface area contributed by atoms with Gasteiger partial charge in [-0.05, 0) is 63.1 Å². The van der Waals surface area contributed by atoms with Crippen molar-refractivity contribution < 1.29 is 23.1 Å². The van der Waals surface area contributed by atoms with E-state index in [1.807, 2.05) is 9.80 Å². The number of nitrogens with zero attached hydrogens (tertiary/aromatic N) is 2. The Morgan fingerprint density at radius 3 is 2.52 bits per heavy atom. The number of aliphatic hydroxyl groups is 1. The first-order valence-electron chi connectivity index (χ1n) is 10.3. The third-order valence-corrected chi connectivity index (χ3v) is 7.16. The molecular weight excluding hydrogens is 405 g/mol. The van der Waals surface area contributed by atoms with Gasteiger partial charge in [0, 0.05) is 25.7 Å².